The maximum atomic E-state index is 11.9. The molecule has 0 aromatic heterocycles. The minimum atomic E-state index is -4.53. The van der Waals surface area contributed by atoms with E-state index < -0.39 is 31.2 Å². The monoisotopic (exact) mass is 349 g/mol. The van der Waals surface area contributed by atoms with Gasteiger partial charge in [0.2, 0.25) is 0 Å². The van der Waals surface area contributed by atoms with E-state index in [0.29, 0.717) is 24.7 Å². The van der Waals surface area contributed by atoms with Gasteiger partial charge in [-0.2, -0.15) is 13.2 Å². The predicted molar refractivity (Wildman–Crippen MR) is 78.1 cm³/mol. The number of carbonyl (C=O) groups is 2. The SMILES string of the molecule is CCOc1ccc(C(=O)OCC(=O)NCC(F)(F)F)cc1OCC. The van der Waals surface area contributed by atoms with Crippen LogP contribution in [-0.4, -0.2) is 44.4 Å². The van der Waals surface area contributed by atoms with Crippen LogP contribution in [0.3, 0.4) is 0 Å². The highest BCUT2D eigenvalue weighted by molar-refractivity contribution is 5.92. The summed E-state index contributed by atoms with van der Waals surface area (Å²) in [6, 6.07) is 4.29. The van der Waals surface area contributed by atoms with Gasteiger partial charge in [-0.25, -0.2) is 4.79 Å². The molecule has 0 aliphatic rings. The van der Waals surface area contributed by atoms with Gasteiger partial charge in [0, 0.05) is 0 Å². The Labute approximate surface area is 136 Å². The van der Waals surface area contributed by atoms with Gasteiger partial charge in [0.05, 0.1) is 18.8 Å². The normalized spacial score (nSPS) is 10.9. The number of rotatable bonds is 8. The van der Waals surface area contributed by atoms with E-state index in [1.807, 2.05) is 0 Å². The minimum absolute atomic E-state index is 0.0884. The fraction of sp³-hybridized carbons (Fsp3) is 0.467. The topological polar surface area (TPSA) is 73.9 Å². The van der Waals surface area contributed by atoms with Crippen LogP contribution in [0.25, 0.3) is 0 Å². The third-order valence-corrected chi connectivity index (χ3v) is 2.60. The number of carbonyl (C=O) groups excluding carboxylic acids is 2. The lowest BCUT2D eigenvalue weighted by atomic mass is 10.2. The van der Waals surface area contributed by atoms with Crippen LogP contribution in [0.2, 0.25) is 0 Å². The van der Waals surface area contributed by atoms with Gasteiger partial charge in [-0.1, -0.05) is 0 Å². The molecule has 0 unspecified atom stereocenters. The first-order valence-electron chi connectivity index (χ1n) is 7.17. The molecule has 0 saturated heterocycles. The molecule has 1 aromatic carbocycles. The van der Waals surface area contributed by atoms with E-state index in [9.17, 15) is 22.8 Å². The van der Waals surface area contributed by atoms with Gasteiger partial charge >= 0.3 is 12.1 Å². The van der Waals surface area contributed by atoms with Gasteiger partial charge in [-0.3, -0.25) is 4.79 Å². The van der Waals surface area contributed by atoms with E-state index in [1.165, 1.54) is 18.2 Å². The highest BCUT2D eigenvalue weighted by Gasteiger charge is 2.27. The molecule has 0 fully saturated rings. The van der Waals surface area contributed by atoms with Crippen molar-refractivity contribution in [3.05, 3.63) is 23.8 Å². The molecule has 0 aliphatic heterocycles. The Kier molecular flexibility index (Phi) is 7.34. The summed E-state index contributed by atoms with van der Waals surface area (Å²) in [6.07, 6.45) is -4.53. The standard InChI is InChI=1S/C15H18F3NO5/c1-3-22-11-6-5-10(7-12(11)23-4-2)14(21)24-8-13(20)19-9-15(16,17)18/h5-7H,3-4,8-9H2,1-2H3,(H,19,20). The molecule has 24 heavy (non-hydrogen) atoms. The van der Waals surface area contributed by atoms with E-state index in [-0.39, 0.29) is 5.56 Å². The Morgan fingerprint density at radius 2 is 1.71 bits per heavy atom. The number of nitrogens with one attached hydrogen (secondary N) is 1. The van der Waals surface area contributed by atoms with E-state index >= 15 is 0 Å². The largest absolute Gasteiger partial charge is 0.490 e. The van der Waals surface area contributed by atoms with Gasteiger partial charge in [0.25, 0.3) is 5.91 Å². The Morgan fingerprint density at radius 1 is 1.08 bits per heavy atom. The van der Waals surface area contributed by atoms with Crippen molar-refractivity contribution in [1.29, 1.82) is 0 Å². The van der Waals surface area contributed by atoms with E-state index in [1.54, 1.807) is 19.2 Å². The molecule has 6 nitrogen and oxygen atoms in total. The zero-order valence-corrected chi connectivity index (χ0v) is 13.2. The summed E-state index contributed by atoms with van der Waals surface area (Å²) in [4.78, 5) is 23.1. The summed E-state index contributed by atoms with van der Waals surface area (Å²) >= 11 is 0. The number of ether oxygens (including phenoxy) is 3. The van der Waals surface area contributed by atoms with E-state index in [4.69, 9.17) is 9.47 Å². The molecule has 0 radical (unpaired) electrons. The molecule has 0 bridgehead atoms. The van der Waals surface area contributed by atoms with Crippen molar-refractivity contribution in [3.63, 3.8) is 0 Å². The summed E-state index contributed by atoms with van der Waals surface area (Å²) in [7, 11) is 0. The average Bonchev–Trinajstić information content (AvgIpc) is 2.52. The van der Waals surface area contributed by atoms with Crippen molar-refractivity contribution in [2.24, 2.45) is 0 Å². The molecule has 1 rings (SSSR count). The number of benzene rings is 1. The highest BCUT2D eigenvalue weighted by atomic mass is 19.4. The lowest BCUT2D eigenvalue weighted by molar-refractivity contribution is -0.140. The van der Waals surface area contributed by atoms with Crippen LogP contribution in [0.1, 0.15) is 24.2 Å². The predicted octanol–water partition coefficient (Wildman–Crippen LogP) is 2.32. The summed E-state index contributed by atoms with van der Waals surface area (Å²) in [5.74, 6) is -1.13. The van der Waals surface area contributed by atoms with Crippen molar-refractivity contribution >= 4 is 11.9 Å². The van der Waals surface area contributed by atoms with Crippen molar-refractivity contribution in [3.8, 4) is 11.5 Å². The first-order valence-corrected chi connectivity index (χ1v) is 7.17. The van der Waals surface area contributed by atoms with E-state index in [0.717, 1.165) is 0 Å². The summed E-state index contributed by atoms with van der Waals surface area (Å²) in [5.41, 5.74) is 0.0884. The first kappa shape index (κ1) is 19.6. The second-order valence-electron chi connectivity index (χ2n) is 4.50. The minimum Gasteiger partial charge on any atom is -0.490 e. The van der Waals surface area contributed by atoms with Crippen LogP contribution >= 0.6 is 0 Å². The third kappa shape index (κ3) is 6.76. The summed E-state index contributed by atoms with van der Waals surface area (Å²) < 4.78 is 51.2. The van der Waals surface area contributed by atoms with Crippen LogP contribution in [0.15, 0.2) is 18.2 Å². The third-order valence-electron chi connectivity index (χ3n) is 2.60. The first-order chi connectivity index (χ1) is 11.3. The maximum absolute atomic E-state index is 11.9. The number of halogens is 3. The molecule has 1 aromatic rings. The lowest BCUT2D eigenvalue weighted by Gasteiger charge is -2.12. The number of esters is 1. The Morgan fingerprint density at radius 3 is 2.29 bits per heavy atom. The molecule has 0 aliphatic carbocycles. The van der Waals surface area contributed by atoms with Crippen LogP contribution in [0.4, 0.5) is 13.2 Å². The summed E-state index contributed by atoms with van der Waals surface area (Å²) in [5, 5.41) is 1.60. The van der Waals surface area contributed by atoms with Crippen molar-refractivity contribution in [1.82, 2.24) is 5.32 Å². The molecule has 0 spiro atoms. The Hall–Kier alpha value is -2.45. The van der Waals surface area contributed by atoms with Gasteiger partial charge in [-0.05, 0) is 32.0 Å². The molecular weight excluding hydrogens is 331 g/mol. The zero-order valence-electron chi connectivity index (χ0n) is 13.2. The second kappa shape index (κ2) is 8.99. The lowest BCUT2D eigenvalue weighted by Crippen LogP contribution is -2.36. The zero-order chi connectivity index (χ0) is 18.2. The van der Waals surface area contributed by atoms with Gasteiger partial charge in [-0.15, -0.1) is 0 Å². The van der Waals surface area contributed by atoms with Crippen LogP contribution in [0, 0.1) is 0 Å². The molecule has 1 amide bonds. The van der Waals surface area contributed by atoms with E-state index in [2.05, 4.69) is 4.74 Å². The van der Waals surface area contributed by atoms with Crippen LogP contribution in [0.5, 0.6) is 11.5 Å². The molecular formula is C15H18F3NO5. The smallest absolute Gasteiger partial charge is 0.405 e. The molecule has 0 heterocycles. The van der Waals surface area contributed by atoms with Crippen molar-refractivity contribution in [2.45, 2.75) is 20.0 Å². The molecule has 134 valence electrons. The van der Waals surface area contributed by atoms with Gasteiger partial charge in [0.1, 0.15) is 6.54 Å². The molecule has 1 N–H and O–H groups in total. The molecule has 0 atom stereocenters. The number of hydrogen-bond donors (Lipinski definition) is 1. The number of hydrogen-bond acceptors (Lipinski definition) is 5. The van der Waals surface area contributed by atoms with Crippen molar-refractivity contribution in [2.75, 3.05) is 26.4 Å². The average molecular weight is 349 g/mol. The highest BCUT2D eigenvalue weighted by Crippen LogP contribution is 2.28. The van der Waals surface area contributed by atoms with Gasteiger partial charge in [0.15, 0.2) is 18.1 Å². The van der Waals surface area contributed by atoms with Gasteiger partial charge < -0.3 is 19.5 Å². The number of amides is 1. The fourth-order valence-electron chi connectivity index (χ4n) is 1.64. The number of alkyl halides is 3. The Bertz CT molecular complexity index is 575. The van der Waals surface area contributed by atoms with Crippen molar-refractivity contribution < 1.29 is 37.0 Å². The van der Waals surface area contributed by atoms with Crippen LogP contribution < -0.4 is 14.8 Å². The quantitative estimate of drug-likeness (QED) is 0.729. The fourth-order valence-corrected chi connectivity index (χ4v) is 1.64. The van der Waals surface area contributed by atoms with Crippen LogP contribution in [-0.2, 0) is 9.53 Å². The Balaban J connectivity index is 2.64. The molecule has 0 saturated carbocycles. The second-order valence-corrected chi connectivity index (χ2v) is 4.50. The molecule has 9 heteroatoms. The summed E-state index contributed by atoms with van der Waals surface area (Å²) in [6.45, 7) is 2.00. The maximum Gasteiger partial charge on any atom is 0.405 e.